The summed E-state index contributed by atoms with van der Waals surface area (Å²) in [7, 11) is 1.66. The van der Waals surface area contributed by atoms with Gasteiger partial charge in [0.05, 0.1) is 13.2 Å². The normalized spacial score (nSPS) is 12.2. The lowest BCUT2D eigenvalue weighted by molar-refractivity contribution is 0.200. The Hall–Kier alpha value is -1.22. The van der Waals surface area contributed by atoms with Crippen LogP contribution in [0.2, 0.25) is 0 Å². The lowest BCUT2D eigenvalue weighted by Gasteiger charge is -2.16. The van der Waals surface area contributed by atoms with Crippen molar-refractivity contribution in [3.8, 4) is 11.5 Å². The lowest BCUT2D eigenvalue weighted by Crippen LogP contribution is -2.14. The molecule has 0 saturated heterocycles. The fraction of sp³-hybridized carbons (Fsp3) is 0.538. The highest BCUT2D eigenvalue weighted by atomic mass is 16.5. The molecule has 0 fully saturated rings. The molecule has 1 aromatic rings. The summed E-state index contributed by atoms with van der Waals surface area (Å²) < 4.78 is 11.1. The Morgan fingerprint density at radius 3 is 2.69 bits per heavy atom. The highest BCUT2D eigenvalue weighted by Gasteiger charge is 2.08. The van der Waals surface area contributed by atoms with Crippen LogP contribution in [0, 0.1) is 6.92 Å². The van der Waals surface area contributed by atoms with Gasteiger partial charge < -0.3 is 15.2 Å². The Kier molecular flexibility index (Phi) is 5.12. The average molecular weight is 223 g/mol. The summed E-state index contributed by atoms with van der Waals surface area (Å²) in [4.78, 5) is 0. The molecule has 0 aromatic heterocycles. The molecule has 1 rings (SSSR count). The number of hydrogen-bond donors (Lipinski definition) is 1. The van der Waals surface area contributed by atoms with Gasteiger partial charge >= 0.3 is 0 Å². The SMILES string of the molecule is COc1cc(C)ccc1OC(C)CCCN. The van der Waals surface area contributed by atoms with Crippen molar-refractivity contribution in [2.75, 3.05) is 13.7 Å². The Bertz CT molecular complexity index is 326. The molecule has 0 amide bonds. The molecule has 1 aromatic carbocycles. The highest BCUT2D eigenvalue weighted by Crippen LogP contribution is 2.29. The van der Waals surface area contributed by atoms with Crippen LogP contribution in [-0.4, -0.2) is 19.8 Å². The molecule has 0 spiro atoms. The fourth-order valence-electron chi connectivity index (χ4n) is 1.55. The minimum Gasteiger partial charge on any atom is -0.493 e. The van der Waals surface area contributed by atoms with E-state index in [2.05, 4.69) is 6.92 Å². The molecule has 2 N–H and O–H groups in total. The van der Waals surface area contributed by atoms with Crippen LogP contribution in [0.5, 0.6) is 11.5 Å². The van der Waals surface area contributed by atoms with Gasteiger partial charge in [-0.3, -0.25) is 0 Å². The van der Waals surface area contributed by atoms with Crippen molar-refractivity contribution in [3.63, 3.8) is 0 Å². The van der Waals surface area contributed by atoms with E-state index in [1.54, 1.807) is 7.11 Å². The van der Waals surface area contributed by atoms with Crippen LogP contribution >= 0.6 is 0 Å². The Balaban J connectivity index is 2.65. The molecule has 1 unspecified atom stereocenters. The topological polar surface area (TPSA) is 44.5 Å². The summed E-state index contributed by atoms with van der Waals surface area (Å²) in [5.74, 6) is 1.59. The smallest absolute Gasteiger partial charge is 0.161 e. The van der Waals surface area contributed by atoms with Gasteiger partial charge in [-0.05, 0) is 50.9 Å². The number of ether oxygens (including phenoxy) is 2. The zero-order valence-electron chi connectivity index (χ0n) is 10.3. The minimum absolute atomic E-state index is 0.167. The van der Waals surface area contributed by atoms with Crippen molar-refractivity contribution < 1.29 is 9.47 Å². The second-order valence-corrected chi connectivity index (χ2v) is 4.01. The van der Waals surface area contributed by atoms with Crippen molar-refractivity contribution in [2.24, 2.45) is 5.73 Å². The first kappa shape index (κ1) is 12.8. The molecule has 90 valence electrons. The molecule has 0 aliphatic carbocycles. The molecule has 0 radical (unpaired) electrons. The van der Waals surface area contributed by atoms with Gasteiger partial charge in [0.25, 0.3) is 0 Å². The van der Waals surface area contributed by atoms with Gasteiger partial charge in [0.2, 0.25) is 0 Å². The van der Waals surface area contributed by atoms with Crippen molar-refractivity contribution in [1.29, 1.82) is 0 Å². The van der Waals surface area contributed by atoms with Crippen LogP contribution in [0.1, 0.15) is 25.3 Å². The number of nitrogens with two attached hydrogens (primary N) is 1. The summed E-state index contributed by atoms with van der Waals surface area (Å²) in [5.41, 5.74) is 6.63. The van der Waals surface area contributed by atoms with Crippen LogP contribution in [0.15, 0.2) is 18.2 Å². The van der Waals surface area contributed by atoms with E-state index in [0.717, 1.165) is 24.3 Å². The summed E-state index contributed by atoms with van der Waals surface area (Å²) in [6, 6.07) is 5.95. The van der Waals surface area contributed by atoms with Gasteiger partial charge in [0.15, 0.2) is 11.5 Å². The lowest BCUT2D eigenvalue weighted by atomic mass is 10.2. The molecular weight excluding hydrogens is 202 g/mol. The van der Waals surface area contributed by atoms with Crippen LogP contribution in [0.4, 0.5) is 0 Å². The maximum absolute atomic E-state index is 5.81. The van der Waals surface area contributed by atoms with Gasteiger partial charge in [-0.2, -0.15) is 0 Å². The van der Waals surface area contributed by atoms with Gasteiger partial charge in [-0.1, -0.05) is 6.07 Å². The average Bonchev–Trinajstić information content (AvgIpc) is 2.28. The van der Waals surface area contributed by atoms with Crippen molar-refractivity contribution in [2.45, 2.75) is 32.8 Å². The second kappa shape index (κ2) is 6.38. The third-order valence-electron chi connectivity index (χ3n) is 2.46. The molecule has 0 heterocycles. The molecule has 3 heteroatoms. The first-order chi connectivity index (χ1) is 7.67. The molecule has 3 nitrogen and oxygen atoms in total. The highest BCUT2D eigenvalue weighted by molar-refractivity contribution is 5.42. The summed E-state index contributed by atoms with van der Waals surface area (Å²) >= 11 is 0. The maximum Gasteiger partial charge on any atom is 0.161 e. The van der Waals surface area contributed by atoms with E-state index in [1.165, 1.54) is 5.56 Å². The molecule has 0 saturated carbocycles. The Morgan fingerprint density at radius 2 is 2.06 bits per heavy atom. The monoisotopic (exact) mass is 223 g/mol. The fourth-order valence-corrected chi connectivity index (χ4v) is 1.55. The predicted octanol–water partition coefficient (Wildman–Crippen LogP) is 2.51. The standard InChI is InChI=1S/C13H21NO2/c1-10-6-7-12(13(9-10)15-3)16-11(2)5-4-8-14/h6-7,9,11H,4-5,8,14H2,1-3H3. The van der Waals surface area contributed by atoms with Crippen molar-refractivity contribution in [3.05, 3.63) is 23.8 Å². The number of methoxy groups -OCH3 is 1. The van der Waals surface area contributed by atoms with Gasteiger partial charge in [-0.15, -0.1) is 0 Å². The Morgan fingerprint density at radius 1 is 1.31 bits per heavy atom. The van der Waals surface area contributed by atoms with E-state index in [0.29, 0.717) is 6.54 Å². The van der Waals surface area contributed by atoms with Gasteiger partial charge in [-0.25, -0.2) is 0 Å². The van der Waals surface area contributed by atoms with E-state index in [-0.39, 0.29) is 6.10 Å². The van der Waals surface area contributed by atoms with E-state index >= 15 is 0 Å². The first-order valence-corrected chi connectivity index (χ1v) is 5.68. The maximum atomic E-state index is 5.81. The zero-order valence-corrected chi connectivity index (χ0v) is 10.3. The third kappa shape index (κ3) is 3.74. The van der Waals surface area contributed by atoms with Crippen LogP contribution in [-0.2, 0) is 0 Å². The minimum atomic E-state index is 0.167. The second-order valence-electron chi connectivity index (χ2n) is 4.01. The summed E-state index contributed by atoms with van der Waals surface area (Å²) in [6.07, 6.45) is 2.11. The Labute approximate surface area is 97.6 Å². The van der Waals surface area contributed by atoms with E-state index in [1.807, 2.05) is 25.1 Å². The quantitative estimate of drug-likeness (QED) is 0.806. The van der Waals surface area contributed by atoms with Crippen LogP contribution < -0.4 is 15.2 Å². The van der Waals surface area contributed by atoms with E-state index in [4.69, 9.17) is 15.2 Å². The first-order valence-electron chi connectivity index (χ1n) is 5.68. The summed E-state index contributed by atoms with van der Waals surface area (Å²) in [6.45, 7) is 4.79. The van der Waals surface area contributed by atoms with E-state index in [9.17, 15) is 0 Å². The van der Waals surface area contributed by atoms with E-state index < -0.39 is 0 Å². The molecule has 0 aliphatic heterocycles. The van der Waals surface area contributed by atoms with Crippen molar-refractivity contribution in [1.82, 2.24) is 0 Å². The van der Waals surface area contributed by atoms with Gasteiger partial charge in [0.1, 0.15) is 0 Å². The molecular formula is C13H21NO2. The van der Waals surface area contributed by atoms with Crippen LogP contribution in [0.25, 0.3) is 0 Å². The number of rotatable bonds is 6. The number of hydrogen-bond acceptors (Lipinski definition) is 3. The van der Waals surface area contributed by atoms with Crippen molar-refractivity contribution >= 4 is 0 Å². The summed E-state index contributed by atoms with van der Waals surface area (Å²) in [5, 5.41) is 0. The van der Waals surface area contributed by atoms with Crippen LogP contribution in [0.3, 0.4) is 0 Å². The predicted molar refractivity (Wildman–Crippen MR) is 66.1 cm³/mol. The van der Waals surface area contributed by atoms with Gasteiger partial charge in [0, 0.05) is 0 Å². The molecule has 16 heavy (non-hydrogen) atoms. The molecule has 0 aliphatic rings. The molecule has 0 bridgehead atoms. The number of benzene rings is 1. The largest absolute Gasteiger partial charge is 0.493 e. The third-order valence-corrected chi connectivity index (χ3v) is 2.46. The number of aryl methyl sites for hydroxylation is 1. The zero-order chi connectivity index (χ0) is 12.0. The molecule has 1 atom stereocenters.